The van der Waals surface area contributed by atoms with E-state index in [0.29, 0.717) is 11.5 Å². The molecule has 0 saturated heterocycles. The minimum absolute atomic E-state index is 0.415. The van der Waals surface area contributed by atoms with Gasteiger partial charge in [-0.3, -0.25) is 0 Å². The van der Waals surface area contributed by atoms with Gasteiger partial charge in [0.15, 0.2) is 0 Å². The lowest BCUT2D eigenvalue weighted by molar-refractivity contribution is 0.116. The summed E-state index contributed by atoms with van der Waals surface area (Å²) in [6, 6.07) is 8.13. The van der Waals surface area contributed by atoms with Crippen LogP contribution in [0.2, 0.25) is 0 Å². The molecule has 0 aliphatic carbocycles. The average Bonchev–Trinajstić information content (AvgIpc) is 2.97. The van der Waals surface area contributed by atoms with E-state index in [1.165, 1.54) is 11.8 Å². The number of benzene rings is 1. The Labute approximate surface area is 142 Å². The summed E-state index contributed by atoms with van der Waals surface area (Å²) in [5.41, 5.74) is 10.1. The molecule has 5 N–H and O–H groups in total. The zero-order valence-electron chi connectivity index (χ0n) is 14.1. The lowest BCUT2D eigenvalue weighted by Crippen LogP contribution is -2.34. The summed E-state index contributed by atoms with van der Waals surface area (Å²) >= 11 is 0. The number of nitrogens with zero attached hydrogens (tertiary/aromatic N) is 1. The van der Waals surface area contributed by atoms with E-state index in [4.69, 9.17) is 15.9 Å². The van der Waals surface area contributed by atoms with Gasteiger partial charge in [0.05, 0.1) is 29.2 Å². The smallest absolute Gasteiger partial charge is 0.247 e. The Morgan fingerprint density at radius 3 is 2.58 bits per heavy atom. The molecule has 1 atom stereocenters. The zero-order chi connectivity index (χ0) is 17.5. The first-order chi connectivity index (χ1) is 11.5. The molecule has 24 heavy (non-hydrogen) atoms. The van der Waals surface area contributed by atoms with E-state index in [9.17, 15) is 0 Å². The number of aliphatic imine (C=N–C) groups is 1. The second-order valence-corrected chi connectivity index (χ2v) is 5.36. The molecule has 126 valence electrons. The topological polar surface area (TPSA) is 95.5 Å². The summed E-state index contributed by atoms with van der Waals surface area (Å²) in [6.07, 6.45) is 5.77. The van der Waals surface area contributed by atoms with Crippen LogP contribution >= 0.6 is 0 Å². The van der Waals surface area contributed by atoms with Crippen LogP contribution in [0, 0.1) is 12.3 Å². The largest absolute Gasteiger partial charge is 0.460 e. The lowest BCUT2D eigenvalue weighted by Gasteiger charge is -2.13. The van der Waals surface area contributed by atoms with Crippen molar-refractivity contribution in [3.05, 3.63) is 65.2 Å². The molecule has 0 fully saturated rings. The van der Waals surface area contributed by atoms with Gasteiger partial charge in [-0.1, -0.05) is 35.9 Å². The van der Waals surface area contributed by atoms with Crippen LogP contribution in [0.1, 0.15) is 25.0 Å². The molecule has 1 heterocycles. The van der Waals surface area contributed by atoms with Crippen LogP contribution in [0.5, 0.6) is 0 Å². The highest BCUT2D eigenvalue weighted by Gasteiger charge is 2.26. The SMILES string of the molecule is C/C=C\OC1NC(C(=C/C=N)/N=C(\C)N)=C(c2ccc(C)cc2)N1. The second-order valence-electron chi connectivity index (χ2n) is 5.36. The fourth-order valence-corrected chi connectivity index (χ4v) is 2.26. The van der Waals surface area contributed by atoms with Crippen LogP contribution in [-0.4, -0.2) is 18.4 Å². The Kier molecular flexibility index (Phi) is 5.78. The van der Waals surface area contributed by atoms with Crippen molar-refractivity contribution in [2.75, 3.05) is 0 Å². The normalized spacial score (nSPS) is 18.5. The van der Waals surface area contributed by atoms with Gasteiger partial charge < -0.3 is 26.5 Å². The molecule has 0 spiro atoms. The molecule has 0 saturated carbocycles. The first kappa shape index (κ1) is 17.3. The Hall–Kier alpha value is -3.02. The molecule has 6 heteroatoms. The van der Waals surface area contributed by atoms with Gasteiger partial charge >= 0.3 is 0 Å². The van der Waals surface area contributed by atoms with Gasteiger partial charge in [0, 0.05) is 6.21 Å². The van der Waals surface area contributed by atoms with Crippen LogP contribution in [-0.2, 0) is 4.74 Å². The summed E-state index contributed by atoms with van der Waals surface area (Å²) in [4.78, 5) is 4.33. The third-order valence-electron chi connectivity index (χ3n) is 3.29. The number of rotatable bonds is 6. The predicted octanol–water partition coefficient (Wildman–Crippen LogP) is 2.60. The van der Waals surface area contributed by atoms with Crippen LogP contribution in [0.3, 0.4) is 0 Å². The van der Waals surface area contributed by atoms with Crippen LogP contribution < -0.4 is 16.4 Å². The van der Waals surface area contributed by atoms with Gasteiger partial charge in [-0.05, 0) is 32.4 Å². The maximum absolute atomic E-state index is 7.38. The van der Waals surface area contributed by atoms with Gasteiger partial charge in [0.2, 0.25) is 6.35 Å². The summed E-state index contributed by atoms with van der Waals surface area (Å²) < 4.78 is 5.58. The molecule has 1 aromatic rings. The van der Waals surface area contributed by atoms with E-state index in [1.54, 1.807) is 19.3 Å². The number of nitrogens with two attached hydrogens (primary N) is 1. The monoisotopic (exact) mass is 325 g/mol. The Morgan fingerprint density at radius 1 is 1.29 bits per heavy atom. The minimum atomic E-state index is -0.421. The van der Waals surface area contributed by atoms with Crippen LogP contribution in [0.4, 0.5) is 0 Å². The minimum Gasteiger partial charge on any atom is -0.460 e. The molecular weight excluding hydrogens is 302 g/mol. The van der Waals surface area contributed by atoms with Crippen molar-refractivity contribution in [3.8, 4) is 0 Å². The van der Waals surface area contributed by atoms with Crippen LogP contribution in [0.25, 0.3) is 5.70 Å². The van der Waals surface area contributed by atoms with E-state index >= 15 is 0 Å². The van der Waals surface area contributed by atoms with Gasteiger partial charge in [-0.2, -0.15) is 0 Å². The number of hydrogen-bond donors (Lipinski definition) is 4. The van der Waals surface area contributed by atoms with Crippen molar-refractivity contribution < 1.29 is 4.74 Å². The average molecular weight is 325 g/mol. The van der Waals surface area contributed by atoms with Crippen molar-refractivity contribution in [1.29, 1.82) is 5.41 Å². The Morgan fingerprint density at radius 2 is 2.00 bits per heavy atom. The summed E-state index contributed by atoms with van der Waals surface area (Å²) in [5.74, 6) is 0.415. The number of ether oxygens (including phenoxy) is 1. The van der Waals surface area contributed by atoms with Crippen molar-refractivity contribution in [3.63, 3.8) is 0 Å². The molecule has 1 aromatic carbocycles. The number of allylic oxidation sites excluding steroid dienone is 2. The number of nitrogens with one attached hydrogen (secondary N) is 3. The zero-order valence-corrected chi connectivity index (χ0v) is 14.1. The molecule has 6 nitrogen and oxygen atoms in total. The van der Waals surface area contributed by atoms with E-state index in [0.717, 1.165) is 17.0 Å². The van der Waals surface area contributed by atoms with E-state index in [1.807, 2.05) is 44.2 Å². The highest BCUT2D eigenvalue weighted by Crippen LogP contribution is 2.26. The van der Waals surface area contributed by atoms with Gasteiger partial charge in [-0.25, -0.2) is 4.99 Å². The maximum Gasteiger partial charge on any atom is 0.247 e. The van der Waals surface area contributed by atoms with Crippen molar-refractivity contribution in [2.24, 2.45) is 10.7 Å². The Bertz CT molecular complexity index is 709. The second kappa shape index (κ2) is 8.01. The quantitative estimate of drug-likeness (QED) is 0.367. The van der Waals surface area contributed by atoms with Crippen molar-refractivity contribution in [1.82, 2.24) is 10.6 Å². The molecule has 0 bridgehead atoms. The third-order valence-corrected chi connectivity index (χ3v) is 3.29. The first-order valence-corrected chi connectivity index (χ1v) is 7.68. The van der Waals surface area contributed by atoms with Crippen molar-refractivity contribution in [2.45, 2.75) is 27.1 Å². The highest BCUT2D eigenvalue weighted by molar-refractivity contribution is 5.83. The Balaban J connectivity index is 2.47. The number of hydrogen-bond acceptors (Lipinski definition) is 5. The fourth-order valence-electron chi connectivity index (χ4n) is 2.26. The molecular formula is C18H23N5O. The third kappa shape index (κ3) is 4.25. The first-order valence-electron chi connectivity index (χ1n) is 7.68. The molecule has 1 unspecified atom stereocenters. The van der Waals surface area contributed by atoms with E-state index in [2.05, 4.69) is 15.6 Å². The van der Waals surface area contributed by atoms with Gasteiger partial charge in [-0.15, -0.1) is 0 Å². The van der Waals surface area contributed by atoms with E-state index in [-0.39, 0.29) is 0 Å². The molecule has 2 rings (SSSR count). The molecule has 1 aliphatic rings. The van der Waals surface area contributed by atoms with Crippen LogP contribution in [0.15, 0.2) is 59.1 Å². The fraction of sp³-hybridized carbons (Fsp3) is 0.222. The number of aryl methyl sites for hydroxylation is 1. The van der Waals surface area contributed by atoms with E-state index < -0.39 is 6.35 Å². The molecule has 0 aromatic heterocycles. The summed E-state index contributed by atoms with van der Waals surface area (Å²) in [6.45, 7) is 5.63. The molecule has 0 radical (unpaired) electrons. The lowest BCUT2D eigenvalue weighted by atomic mass is 10.1. The maximum atomic E-state index is 7.38. The summed E-state index contributed by atoms with van der Waals surface area (Å²) in [7, 11) is 0. The number of amidine groups is 1. The van der Waals surface area contributed by atoms with Gasteiger partial charge in [0.25, 0.3) is 0 Å². The highest BCUT2D eigenvalue weighted by atomic mass is 16.5. The predicted molar refractivity (Wildman–Crippen MR) is 98.2 cm³/mol. The molecule has 0 amide bonds. The van der Waals surface area contributed by atoms with Crippen molar-refractivity contribution >= 4 is 17.7 Å². The van der Waals surface area contributed by atoms with Gasteiger partial charge in [0.1, 0.15) is 0 Å². The molecule has 1 aliphatic heterocycles. The standard InChI is InChI=1S/C18H23N5O/c1-4-11-24-18-22-16(14-7-5-12(2)6-8-14)17(23-18)15(9-10-19)21-13(3)20/h4-11,18-19,22-23H,1-3H3,(H2,20,21)/b11-4-,15-9-,19-10?. The summed E-state index contributed by atoms with van der Waals surface area (Å²) in [5, 5.41) is 13.9.